The Morgan fingerprint density at radius 3 is 2.45 bits per heavy atom. The summed E-state index contributed by atoms with van der Waals surface area (Å²) in [5, 5.41) is 2.78. The molecule has 1 N–H and O–H groups in total. The molecule has 1 amide bonds. The first-order chi connectivity index (χ1) is 10.5. The standard InChI is InChI=1S/C17H18BrNO3/c1-11-8-13(18)9-12(2)17(11)22-10-16(20)19-14-6-4-5-7-15(14)21-3/h4-9H,10H2,1-3H3,(H,19,20). The van der Waals surface area contributed by atoms with E-state index in [1.54, 1.807) is 19.2 Å². The second-order valence-corrected chi connectivity index (χ2v) is 5.82. The molecule has 0 aromatic heterocycles. The molecule has 0 fully saturated rings. The van der Waals surface area contributed by atoms with E-state index in [1.807, 2.05) is 38.1 Å². The van der Waals surface area contributed by atoms with Crippen molar-refractivity contribution in [1.29, 1.82) is 0 Å². The van der Waals surface area contributed by atoms with Crippen molar-refractivity contribution in [3.05, 3.63) is 52.0 Å². The van der Waals surface area contributed by atoms with Crippen LogP contribution in [0.4, 0.5) is 5.69 Å². The zero-order chi connectivity index (χ0) is 16.1. The summed E-state index contributed by atoms with van der Waals surface area (Å²) in [5.41, 5.74) is 2.59. The van der Waals surface area contributed by atoms with Crippen molar-refractivity contribution >= 4 is 27.5 Å². The summed E-state index contributed by atoms with van der Waals surface area (Å²) in [5.74, 6) is 1.12. The van der Waals surface area contributed by atoms with Gasteiger partial charge in [-0.25, -0.2) is 0 Å². The lowest BCUT2D eigenvalue weighted by molar-refractivity contribution is -0.118. The van der Waals surface area contributed by atoms with Crippen LogP contribution >= 0.6 is 15.9 Å². The molecule has 0 bridgehead atoms. The summed E-state index contributed by atoms with van der Waals surface area (Å²) < 4.78 is 11.8. The lowest BCUT2D eigenvalue weighted by atomic mass is 10.1. The smallest absolute Gasteiger partial charge is 0.262 e. The summed E-state index contributed by atoms with van der Waals surface area (Å²) in [4.78, 5) is 12.0. The highest BCUT2D eigenvalue weighted by molar-refractivity contribution is 9.10. The number of nitrogens with one attached hydrogen (secondary N) is 1. The number of hydrogen-bond donors (Lipinski definition) is 1. The SMILES string of the molecule is COc1ccccc1NC(=O)COc1c(C)cc(Br)cc1C. The van der Waals surface area contributed by atoms with Gasteiger partial charge in [0, 0.05) is 4.47 Å². The van der Waals surface area contributed by atoms with Crippen LogP contribution < -0.4 is 14.8 Å². The first kappa shape index (κ1) is 16.4. The van der Waals surface area contributed by atoms with Gasteiger partial charge < -0.3 is 14.8 Å². The van der Waals surface area contributed by atoms with Gasteiger partial charge in [-0.05, 0) is 49.2 Å². The van der Waals surface area contributed by atoms with Crippen LogP contribution in [-0.4, -0.2) is 19.6 Å². The van der Waals surface area contributed by atoms with Gasteiger partial charge in [-0.3, -0.25) is 4.79 Å². The third-order valence-corrected chi connectivity index (χ3v) is 3.61. The molecule has 22 heavy (non-hydrogen) atoms. The minimum Gasteiger partial charge on any atom is -0.495 e. The first-order valence-electron chi connectivity index (χ1n) is 6.83. The summed E-state index contributed by atoms with van der Waals surface area (Å²) in [7, 11) is 1.57. The van der Waals surface area contributed by atoms with Gasteiger partial charge in [0.15, 0.2) is 6.61 Å². The van der Waals surface area contributed by atoms with Crippen molar-refractivity contribution < 1.29 is 14.3 Å². The Morgan fingerprint density at radius 2 is 1.82 bits per heavy atom. The van der Waals surface area contributed by atoms with E-state index < -0.39 is 0 Å². The molecule has 0 unspecified atom stereocenters. The number of hydrogen-bond acceptors (Lipinski definition) is 3. The first-order valence-corrected chi connectivity index (χ1v) is 7.63. The summed E-state index contributed by atoms with van der Waals surface area (Å²) in [6.07, 6.45) is 0. The van der Waals surface area contributed by atoms with Gasteiger partial charge in [-0.2, -0.15) is 0 Å². The Kier molecular flexibility index (Phi) is 5.44. The summed E-state index contributed by atoms with van der Waals surface area (Å²) >= 11 is 3.44. The van der Waals surface area contributed by atoms with Crippen molar-refractivity contribution in [3.8, 4) is 11.5 Å². The summed E-state index contributed by atoms with van der Waals surface area (Å²) in [6.45, 7) is 3.85. The fraction of sp³-hybridized carbons (Fsp3) is 0.235. The van der Waals surface area contributed by atoms with E-state index in [0.717, 1.165) is 21.3 Å². The van der Waals surface area contributed by atoms with Gasteiger partial charge in [-0.1, -0.05) is 28.1 Å². The molecule has 5 heteroatoms. The molecule has 0 aliphatic rings. The number of rotatable bonds is 5. The Labute approximate surface area is 138 Å². The normalized spacial score (nSPS) is 10.2. The summed E-state index contributed by atoms with van der Waals surface area (Å²) in [6, 6.07) is 11.2. The van der Waals surface area contributed by atoms with E-state index in [1.165, 1.54) is 0 Å². The van der Waals surface area contributed by atoms with Crippen molar-refractivity contribution in [3.63, 3.8) is 0 Å². The predicted octanol–water partition coefficient (Wildman–Crippen LogP) is 4.09. The number of amides is 1. The molecule has 4 nitrogen and oxygen atoms in total. The molecule has 0 saturated carbocycles. The Morgan fingerprint density at radius 1 is 1.18 bits per heavy atom. The zero-order valence-electron chi connectivity index (χ0n) is 12.8. The molecular formula is C17H18BrNO3. The Balaban J connectivity index is 2.02. The van der Waals surface area contributed by atoms with Gasteiger partial charge in [0.05, 0.1) is 12.8 Å². The van der Waals surface area contributed by atoms with E-state index in [-0.39, 0.29) is 12.5 Å². The third-order valence-electron chi connectivity index (χ3n) is 3.15. The molecule has 2 aromatic rings. The van der Waals surface area contributed by atoms with Gasteiger partial charge in [0.1, 0.15) is 11.5 Å². The fourth-order valence-corrected chi connectivity index (χ4v) is 2.88. The van der Waals surface area contributed by atoms with Gasteiger partial charge >= 0.3 is 0 Å². The van der Waals surface area contributed by atoms with Crippen molar-refractivity contribution in [2.75, 3.05) is 19.0 Å². The molecule has 2 rings (SSSR count). The average Bonchev–Trinajstić information content (AvgIpc) is 2.46. The molecule has 0 radical (unpaired) electrons. The molecule has 0 spiro atoms. The molecule has 2 aromatic carbocycles. The highest BCUT2D eigenvalue weighted by Crippen LogP contribution is 2.27. The molecule has 0 aliphatic carbocycles. The number of carbonyl (C=O) groups excluding carboxylic acids is 1. The van der Waals surface area contributed by atoms with Crippen LogP contribution in [0.3, 0.4) is 0 Å². The second kappa shape index (κ2) is 7.31. The maximum Gasteiger partial charge on any atom is 0.262 e. The number of benzene rings is 2. The average molecular weight is 364 g/mol. The maximum atomic E-state index is 12.0. The maximum absolute atomic E-state index is 12.0. The topological polar surface area (TPSA) is 47.6 Å². The highest BCUT2D eigenvalue weighted by atomic mass is 79.9. The minimum absolute atomic E-state index is 0.0542. The second-order valence-electron chi connectivity index (χ2n) is 4.91. The number of aryl methyl sites for hydroxylation is 2. The number of anilines is 1. The monoisotopic (exact) mass is 363 g/mol. The number of carbonyl (C=O) groups is 1. The van der Waals surface area contributed by atoms with Crippen LogP contribution in [0.15, 0.2) is 40.9 Å². The quantitative estimate of drug-likeness (QED) is 0.869. The molecule has 116 valence electrons. The predicted molar refractivity (Wildman–Crippen MR) is 90.7 cm³/mol. The Hall–Kier alpha value is -2.01. The van der Waals surface area contributed by atoms with Crippen molar-refractivity contribution in [2.45, 2.75) is 13.8 Å². The number of halogens is 1. The van der Waals surface area contributed by atoms with Crippen molar-refractivity contribution in [1.82, 2.24) is 0 Å². The largest absolute Gasteiger partial charge is 0.495 e. The molecule has 0 heterocycles. The van der Waals surface area contributed by atoms with E-state index >= 15 is 0 Å². The van der Waals surface area contributed by atoms with Gasteiger partial charge in [0.2, 0.25) is 0 Å². The molecular weight excluding hydrogens is 346 g/mol. The van der Waals surface area contributed by atoms with Crippen LogP contribution in [0.25, 0.3) is 0 Å². The minimum atomic E-state index is -0.230. The van der Waals surface area contributed by atoms with Crippen LogP contribution in [0.5, 0.6) is 11.5 Å². The number of methoxy groups -OCH3 is 1. The van der Waals surface area contributed by atoms with Gasteiger partial charge in [0.25, 0.3) is 5.91 Å². The molecule has 0 saturated heterocycles. The van der Waals surface area contributed by atoms with Crippen LogP contribution in [0.2, 0.25) is 0 Å². The van der Waals surface area contributed by atoms with E-state index in [2.05, 4.69) is 21.2 Å². The zero-order valence-corrected chi connectivity index (χ0v) is 14.4. The van der Waals surface area contributed by atoms with E-state index in [4.69, 9.17) is 9.47 Å². The van der Waals surface area contributed by atoms with E-state index in [9.17, 15) is 4.79 Å². The number of ether oxygens (including phenoxy) is 2. The van der Waals surface area contributed by atoms with Crippen LogP contribution in [0, 0.1) is 13.8 Å². The lowest BCUT2D eigenvalue weighted by Crippen LogP contribution is -2.21. The fourth-order valence-electron chi connectivity index (χ4n) is 2.20. The van der Waals surface area contributed by atoms with Crippen molar-refractivity contribution in [2.24, 2.45) is 0 Å². The molecule has 0 aliphatic heterocycles. The Bertz CT molecular complexity index is 662. The van der Waals surface area contributed by atoms with Crippen LogP contribution in [0.1, 0.15) is 11.1 Å². The number of para-hydroxylation sites is 2. The van der Waals surface area contributed by atoms with Gasteiger partial charge in [-0.15, -0.1) is 0 Å². The molecule has 0 atom stereocenters. The third kappa shape index (κ3) is 4.01. The lowest BCUT2D eigenvalue weighted by Gasteiger charge is -2.13. The van der Waals surface area contributed by atoms with E-state index in [0.29, 0.717) is 11.4 Å². The highest BCUT2D eigenvalue weighted by Gasteiger charge is 2.10. The van der Waals surface area contributed by atoms with Crippen LogP contribution in [-0.2, 0) is 4.79 Å².